The Morgan fingerprint density at radius 1 is 1.32 bits per heavy atom. The molecule has 0 radical (unpaired) electrons. The molecule has 2 aromatic heterocycles. The van der Waals surface area contributed by atoms with Crippen LogP contribution >= 0.6 is 0 Å². The number of aromatic nitrogens is 3. The van der Waals surface area contributed by atoms with Gasteiger partial charge < -0.3 is 18.8 Å². The summed E-state index contributed by atoms with van der Waals surface area (Å²) in [6.45, 7) is 2.53. The van der Waals surface area contributed by atoms with Gasteiger partial charge in [-0.1, -0.05) is 0 Å². The van der Waals surface area contributed by atoms with Crippen molar-refractivity contribution in [2.45, 2.75) is 24.9 Å². The molecule has 2 aliphatic heterocycles. The van der Waals surface area contributed by atoms with Gasteiger partial charge in [0.15, 0.2) is 12.1 Å². The Balaban J connectivity index is 1.25. The Bertz CT molecular complexity index is 701. The number of oxazole rings is 1. The maximum Gasteiger partial charge on any atom is 0.316 e. The molecule has 1 atom stereocenters. The van der Waals surface area contributed by atoms with Gasteiger partial charge in [-0.25, -0.2) is 15.0 Å². The van der Waals surface area contributed by atoms with E-state index < -0.39 is 0 Å². The van der Waals surface area contributed by atoms with Gasteiger partial charge in [-0.05, 0) is 31.2 Å². The lowest BCUT2D eigenvalue weighted by molar-refractivity contribution is -0.166. The second-order valence-corrected chi connectivity index (χ2v) is 6.59. The number of rotatable bonds is 5. The number of hydrogen-bond donors (Lipinski definition) is 0. The summed E-state index contributed by atoms with van der Waals surface area (Å²) in [6.07, 6.45) is 8.86. The van der Waals surface area contributed by atoms with Crippen molar-refractivity contribution >= 4 is 5.91 Å². The third-order valence-electron chi connectivity index (χ3n) is 4.79. The van der Waals surface area contributed by atoms with Crippen LogP contribution in [-0.4, -0.2) is 57.7 Å². The molecule has 2 fully saturated rings. The Hall–Kier alpha value is -2.48. The van der Waals surface area contributed by atoms with Gasteiger partial charge in [0.1, 0.15) is 11.9 Å². The highest BCUT2D eigenvalue weighted by molar-refractivity contribution is 5.92. The highest BCUT2D eigenvalue weighted by Gasteiger charge is 2.49. The third-order valence-corrected chi connectivity index (χ3v) is 4.79. The molecule has 2 aliphatic rings. The molecule has 8 nitrogen and oxygen atoms in total. The summed E-state index contributed by atoms with van der Waals surface area (Å²) in [4.78, 5) is 26.0. The van der Waals surface area contributed by atoms with Crippen molar-refractivity contribution in [3.05, 3.63) is 36.8 Å². The number of carbonyl (C=O) groups is 1. The first kappa shape index (κ1) is 16.0. The number of hydrogen-bond acceptors (Lipinski definition) is 7. The lowest BCUT2D eigenvalue weighted by Crippen LogP contribution is -2.66. The Morgan fingerprint density at radius 3 is 2.92 bits per heavy atom. The van der Waals surface area contributed by atoms with Crippen molar-refractivity contribution in [2.75, 3.05) is 26.3 Å². The number of amides is 1. The van der Waals surface area contributed by atoms with E-state index in [9.17, 15) is 4.79 Å². The SMILES string of the molecule is O=C(c1cocn1)N1CC2(CC(CCOc3ncccn3)CCO2)C1. The highest BCUT2D eigenvalue weighted by Crippen LogP contribution is 2.38. The zero-order valence-corrected chi connectivity index (χ0v) is 13.8. The van der Waals surface area contributed by atoms with Crippen molar-refractivity contribution in [2.24, 2.45) is 5.92 Å². The standard InChI is InChI=1S/C17H20N4O4/c22-15(14-9-23-12-20-14)21-10-17(11-21)8-13(3-7-25-17)2-6-24-16-18-4-1-5-19-16/h1,4-5,9,12-13H,2-3,6-8,10-11H2. The van der Waals surface area contributed by atoms with Crippen molar-refractivity contribution in [1.82, 2.24) is 19.9 Å². The largest absolute Gasteiger partial charge is 0.463 e. The molecular formula is C17H20N4O4. The normalized spacial score (nSPS) is 21.8. The second kappa shape index (κ2) is 6.79. The number of likely N-dealkylation sites (tertiary alicyclic amines) is 1. The fraction of sp³-hybridized carbons (Fsp3) is 0.529. The van der Waals surface area contributed by atoms with E-state index in [1.807, 2.05) is 0 Å². The van der Waals surface area contributed by atoms with E-state index in [2.05, 4.69) is 15.0 Å². The predicted octanol–water partition coefficient (Wildman–Crippen LogP) is 1.55. The first-order valence-corrected chi connectivity index (χ1v) is 8.45. The Morgan fingerprint density at radius 2 is 2.16 bits per heavy atom. The van der Waals surface area contributed by atoms with Crippen LogP contribution in [-0.2, 0) is 4.74 Å². The molecule has 4 rings (SSSR count). The van der Waals surface area contributed by atoms with Crippen LogP contribution in [0.15, 0.2) is 35.5 Å². The molecule has 1 spiro atoms. The molecule has 1 amide bonds. The van der Waals surface area contributed by atoms with Crippen molar-refractivity contribution < 1.29 is 18.7 Å². The summed E-state index contributed by atoms with van der Waals surface area (Å²) >= 11 is 0. The van der Waals surface area contributed by atoms with Crippen LogP contribution in [0.5, 0.6) is 6.01 Å². The van der Waals surface area contributed by atoms with Gasteiger partial charge >= 0.3 is 6.01 Å². The summed E-state index contributed by atoms with van der Waals surface area (Å²) in [6, 6.07) is 2.18. The average molecular weight is 344 g/mol. The smallest absolute Gasteiger partial charge is 0.316 e. The molecule has 8 heteroatoms. The molecule has 25 heavy (non-hydrogen) atoms. The summed E-state index contributed by atoms with van der Waals surface area (Å²) < 4.78 is 16.5. The molecule has 0 N–H and O–H groups in total. The first-order valence-electron chi connectivity index (χ1n) is 8.45. The van der Waals surface area contributed by atoms with Gasteiger partial charge in [0.25, 0.3) is 5.91 Å². The van der Waals surface area contributed by atoms with Crippen molar-refractivity contribution in [1.29, 1.82) is 0 Å². The third kappa shape index (κ3) is 3.48. The van der Waals surface area contributed by atoms with Crippen molar-refractivity contribution in [3.63, 3.8) is 0 Å². The second-order valence-electron chi connectivity index (χ2n) is 6.59. The molecule has 0 saturated carbocycles. The summed E-state index contributed by atoms with van der Waals surface area (Å²) in [5.41, 5.74) is 0.129. The van der Waals surface area contributed by atoms with E-state index >= 15 is 0 Å². The fourth-order valence-electron chi connectivity index (χ4n) is 3.55. The first-order chi connectivity index (χ1) is 12.2. The molecule has 2 saturated heterocycles. The van der Waals surface area contributed by atoms with Gasteiger partial charge in [0, 0.05) is 19.0 Å². The van der Waals surface area contributed by atoms with Crippen LogP contribution in [0, 0.1) is 5.92 Å². The Kier molecular flexibility index (Phi) is 4.35. The number of ether oxygens (including phenoxy) is 2. The monoisotopic (exact) mass is 344 g/mol. The molecule has 4 heterocycles. The Labute approximate surface area is 145 Å². The summed E-state index contributed by atoms with van der Waals surface area (Å²) in [5.74, 6) is 0.413. The predicted molar refractivity (Wildman–Crippen MR) is 86.0 cm³/mol. The van der Waals surface area contributed by atoms with E-state index in [4.69, 9.17) is 13.9 Å². The van der Waals surface area contributed by atoms with Crippen LogP contribution in [0.3, 0.4) is 0 Å². The molecule has 2 aromatic rings. The maximum atomic E-state index is 12.2. The van der Waals surface area contributed by atoms with Crippen LogP contribution in [0.1, 0.15) is 29.8 Å². The van der Waals surface area contributed by atoms with E-state index in [-0.39, 0.29) is 11.5 Å². The molecule has 0 bridgehead atoms. The van der Waals surface area contributed by atoms with Gasteiger partial charge in [0.2, 0.25) is 0 Å². The highest BCUT2D eigenvalue weighted by atomic mass is 16.5. The van der Waals surface area contributed by atoms with Gasteiger partial charge in [-0.2, -0.15) is 0 Å². The maximum absolute atomic E-state index is 12.2. The fourth-order valence-corrected chi connectivity index (χ4v) is 3.55. The van der Waals surface area contributed by atoms with Gasteiger partial charge in [-0.15, -0.1) is 0 Å². The van der Waals surface area contributed by atoms with Crippen LogP contribution in [0.4, 0.5) is 0 Å². The number of carbonyl (C=O) groups excluding carboxylic acids is 1. The molecule has 0 aromatic carbocycles. The quantitative estimate of drug-likeness (QED) is 0.813. The van der Waals surface area contributed by atoms with E-state index in [0.717, 1.165) is 25.9 Å². The van der Waals surface area contributed by atoms with Crippen LogP contribution < -0.4 is 4.74 Å². The topological polar surface area (TPSA) is 90.6 Å². The summed E-state index contributed by atoms with van der Waals surface area (Å²) in [7, 11) is 0. The zero-order chi connectivity index (χ0) is 17.1. The molecule has 132 valence electrons. The van der Waals surface area contributed by atoms with E-state index in [0.29, 0.717) is 37.3 Å². The minimum Gasteiger partial charge on any atom is -0.463 e. The van der Waals surface area contributed by atoms with Gasteiger partial charge in [0.05, 0.1) is 19.7 Å². The van der Waals surface area contributed by atoms with Crippen molar-refractivity contribution in [3.8, 4) is 6.01 Å². The minimum atomic E-state index is -0.217. The average Bonchev–Trinajstić information content (AvgIpc) is 3.15. The summed E-state index contributed by atoms with van der Waals surface area (Å²) in [5, 5.41) is 0. The molecule has 1 unspecified atom stereocenters. The number of nitrogens with zero attached hydrogens (tertiary/aromatic N) is 4. The van der Waals surface area contributed by atoms with E-state index in [1.54, 1.807) is 23.4 Å². The molecular weight excluding hydrogens is 324 g/mol. The van der Waals surface area contributed by atoms with Crippen LogP contribution in [0.25, 0.3) is 0 Å². The zero-order valence-electron chi connectivity index (χ0n) is 13.8. The lowest BCUT2D eigenvalue weighted by atomic mass is 9.79. The van der Waals surface area contributed by atoms with Crippen LogP contribution in [0.2, 0.25) is 0 Å². The molecule has 0 aliphatic carbocycles. The minimum absolute atomic E-state index is 0.102. The van der Waals surface area contributed by atoms with E-state index in [1.165, 1.54) is 12.7 Å². The lowest BCUT2D eigenvalue weighted by Gasteiger charge is -2.53. The van der Waals surface area contributed by atoms with Gasteiger partial charge in [-0.3, -0.25) is 4.79 Å².